The Balaban J connectivity index is 2.66. The highest BCUT2D eigenvalue weighted by Gasteiger charge is 2.12. The molecule has 0 aliphatic carbocycles. The molecule has 2 aromatic heterocycles. The van der Waals surface area contributed by atoms with Gasteiger partial charge in [-0.3, -0.25) is 9.81 Å². The predicted octanol–water partition coefficient (Wildman–Crippen LogP) is 0.951. The lowest BCUT2D eigenvalue weighted by Gasteiger charge is -2.02. The van der Waals surface area contributed by atoms with Crippen LogP contribution < -0.4 is 5.73 Å². The van der Waals surface area contributed by atoms with Crippen molar-refractivity contribution in [2.24, 2.45) is 5.73 Å². The summed E-state index contributed by atoms with van der Waals surface area (Å²) in [7, 11) is 0. The number of nitrogen functional groups attached to an aromatic ring is 1. The summed E-state index contributed by atoms with van der Waals surface area (Å²) in [6.45, 7) is 0. The molecule has 2 heterocycles. The van der Waals surface area contributed by atoms with Gasteiger partial charge in [-0.15, -0.1) is 0 Å². The lowest BCUT2D eigenvalue weighted by Crippen LogP contribution is -2.14. The van der Waals surface area contributed by atoms with Crippen LogP contribution in [-0.4, -0.2) is 20.2 Å². The molecule has 0 unspecified atom stereocenters. The molecular weight excluding hydrogens is 204 g/mol. The third-order valence-corrected chi connectivity index (χ3v) is 1.92. The van der Waals surface area contributed by atoms with E-state index in [2.05, 4.69) is 9.97 Å². The van der Waals surface area contributed by atoms with Gasteiger partial charge in [-0.25, -0.2) is 18.7 Å². The molecular formula is C8H7F2N5. The molecule has 5 nitrogen and oxygen atoms in total. The van der Waals surface area contributed by atoms with Crippen LogP contribution in [0.25, 0.3) is 5.65 Å². The van der Waals surface area contributed by atoms with Crippen LogP contribution in [0.15, 0.2) is 18.6 Å². The smallest absolute Gasteiger partial charge is 0.281 e. The second kappa shape index (κ2) is 3.26. The number of fused-ring (bicyclic) bond motifs is 1. The normalized spacial score (nSPS) is 11.1. The average molecular weight is 211 g/mol. The minimum atomic E-state index is -2.66. The predicted molar refractivity (Wildman–Crippen MR) is 49.0 cm³/mol. The fraction of sp³-hybridized carbons (Fsp3) is 0.125. The van der Waals surface area contributed by atoms with E-state index >= 15 is 0 Å². The van der Waals surface area contributed by atoms with E-state index in [9.17, 15) is 8.78 Å². The standard InChI is InChI=1S/C8H7F2N5/c9-7(10)4-3-15-5(8(11)12)1-14-6(15)2-13-4/h1-3,7H,(H3,11,12). The van der Waals surface area contributed by atoms with Gasteiger partial charge < -0.3 is 5.73 Å². The Labute approximate surface area is 83.1 Å². The summed E-state index contributed by atoms with van der Waals surface area (Å²) in [5.74, 6) is -0.228. The van der Waals surface area contributed by atoms with Crippen LogP contribution in [0.1, 0.15) is 17.8 Å². The van der Waals surface area contributed by atoms with Gasteiger partial charge in [0, 0.05) is 6.20 Å². The number of nitrogens with zero attached hydrogens (tertiary/aromatic N) is 3. The van der Waals surface area contributed by atoms with Gasteiger partial charge in [0.25, 0.3) is 6.43 Å². The van der Waals surface area contributed by atoms with E-state index in [0.717, 1.165) is 6.20 Å². The van der Waals surface area contributed by atoms with Gasteiger partial charge >= 0.3 is 0 Å². The van der Waals surface area contributed by atoms with Crippen LogP contribution in [0.4, 0.5) is 8.78 Å². The van der Waals surface area contributed by atoms with Gasteiger partial charge in [-0.05, 0) is 0 Å². The van der Waals surface area contributed by atoms with E-state index in [-0.39, 0.29) is 17.2 Å². The molecule has 0 spiro atoms. The zero-order valence-electron chi connectivity index (χ0n) is 7.48. The fourth-order valence-corrected chi connectivity index (χ4v) is 1.22. The maximum atomic E-state index is 12.4. The molecule has 0 bridgehead atoms. The number of amidine groups is 1. The molecule has 0 fully saturated rings. The van der Waals surface area contributed by atoms with Gasteiger partial charge in [-0.2, -0.15) is 0 Å². The molecule has 0 radical (unpaired) electrons. The Hall–Kier alpha value is -2.05. The quantitative estimate of drug-likeness (QED) is 0.573. The van der Waals surface area contributed by atoms with E-state index in [0.29, 0.717) is 5.65 Å². The van der Waals surface area contributed by atoms with Crippen molar-refractivity contribution in [2.45, 2.75) is 6.43 Å². The second-order valence-electron chi connectivity index (χ2n) is 2.90. The Kier molecular flexibility index (Phi) is 2.07. The molecule has 0 amide bonds. The van der Waals surface area contributed by atoms with Gasteiger partial charge in [-0.1, -0.05) is 0 Å². The van der Waals surface area contributed by atoms with Crippen LogP contribution in [0, 0.1) is 5.41 Å². The third kappa shape index (κ3) is 1.51. The summed E-state index contributed by atoms with van der Waals surface area (Å²) >= 11 is 0. The van der Waals surface area contributed by atoms with Crippen LogP contribution in [0.3, 0.4) is 0 Å². The molecule has 2 aromatic rings. The number of rotatable bonds is 2. The van der Waals surface area contributed by atoms with Crippen LogP contribution >= 0.6 is 0 Å². The highest BCUT2D eigenvalue weighted by molar-refractivity contribution is 5.93. The van der Waals surface area contributed by atoms with Crippen molar-refractivity contribution in [3.05, 3.63) is 30.0 Å². The molecule has 0 aromatic carbocycles. The minimum absolute atomic E-state index is 0.228. The van der Waals surface area contributed by atoms with E-state index in [1.54, 1.807) is 0 Å². The van der Waals surface area contributed by atoms with Gasteiger partial charge in [0.05, 0.1) is 12.4 Å². The number of halogens is 2. The Morgan fingerprint density at radius 1 is 1.40 bits per heavy atom. The SMILES string of the molecule is N=C(N)c1cnc2cnc(C(F)F)cn12. The first-order valence-corrected chi connectivity index (χ1v) is 4.05. The number of nitrogens with two attached hydrogens (primary N) is 1. The van der Waals surface area contributed by atoms with Crippen molar-refractivity contribution < 1.29 is 8.78 Å². The minimum Gasteiger partial charge on any atom is -0.382 e. The number of aromatic nitrogens is 3. The van der Waals surface area contributed by atoms with E-state index in [4.69, 9.17) is 11.1 Å². The number of alkyl halides is 2. The molecule has 0 atom stereocenters. The van der Waals surface area contributed by atoms with E-state index in [1.807, 2.05) is 0 Å². The molecule has 0 aliphatic heterocycles. The highest BCUT2D eigenvalue weighted by Crippen LogP contribution is 2.16. The Morgan fingerprint density at radius 3 is 2.73 bits per heavy atom. The van der Waals surface area contributed by atoms with Crippen LogP contribution in [0.5, 0.6) is 0 Å². The zero-order chi connectivity index (χ0) is 11.0. The van der Waals surface area contributed by atoms with Crippen molar-refractivity contribution in [2.75, 3.05) is 0 Å². The maximum absolute atomic E-state index is 12.4. The monoisotopic (exact) mass is 211 g/mol. The fourth-order valence-electron chi connectivity index (χ4n) is 1.22. The van der Waals surface area contributed by atoms with Crippen LogP contribution in [0.2, 0.25) is 0 Å². The first kappa shape index (κ1) is 9.50. The van der Waals surface area contributed by atoms with Crippen molar-refractivity contribution in [3.63, 3.8) is 0 Å². The Bertz CT molecular complexity index is 519. The lowest BCUT2D eigenvalue weighted by atomic mass is 10.4. The molecule has 78 valence electrons. The summed E-state index contributed by atoms with van der Waals surface area (Å²) in [5, 5.41) is 7.22. The van der Waals surface area contributed by atoms with Gasteiger partial charge in [0.15, 0.2) is 5.65 Å². The molecule has 7 heteroatoms. The maximum Gasteiger partial charge on any atom is 0.281 e. The molecule has 3 N–H and O–H groups in total. The molecule has 15 heavy (non-hydrogen) atoms. The molecule has 0 saturated carbocycles. The summed E-state index contributed by atoms with van der Waals surface area (Å²) in [6.07, 6.45) is 1.03. The number of imidazole rings is 1. The van der Waals surface area contributed by atoms with E-state index in [1.165, 1.54) is 16.8 Å². The third-order valence-electron chi connectivity index (χ3n) is 1.92. The summed E-state index contributed by atoms with van der Waals surface area (Å²) in [5.41, 5.74) is 5.54. The average Bonchev–Trinajstić information content (AvgIpc) is 2.59. The number of nitrogens with one attached hydrogen (secondary N) is 1. The lowest BCUT2D eigenvalue weighted by molar-refractivity contribution is 0.145. The summed E-state index contributed by atoms with van der Waals surface area (Å²) in [6, 6.07) is 0. The first-order valence-electron chi connectivity index (χ1n) is 4.05. The largest absolute Gasteiger partial charge is 0.382 e. The van der Waals surface area contributed by atoms with Crippen molar-refractivity contribution in [3.8, 4) is 0 Å². The second-order valence-corrected chi connectivity index (χ2v) is 2.90. The number of hydrogen-bond donors (Lipinski definition) is 2. The topological polar surface area (TPSA) is 80.1 Å². The van der Waals surface area contributed by atoms with Crippen molar-refractivity contribution in [1.29, 1.82) is 5.41 Å². The zero-order valence-corrected chi connectivity index (χ0v) is 7.48. The molecule has 0 aliphatic rings. The number of hydrogen-bond acceptors (Lipinski definition) is 3. The summed E-state index contributed by atoms with van der Waals surface area (Å²) in [4.78, 5) is 7.41. The van der Waals surface area contributed by atoms with Crippen molar-refractivity contribution >= 4 is 11.5 Å². The first-order chi connectivity index (χ1) is 7.09. The highest BCUT2D eigenvalue weighted by atomic mass is 19.3. The van der Waals surface area contributed by atoms with Gasteiger partial charge in [0.1, 0.15) is 17.2 Å². The Morgan fingerprint density at radius 2 is 2.13 bits per heavy atom. The van der Waals surface area contributed by atoms with E-state index < -0.39 is 6.43 Å². The van der Waals surface area contributed by atoms with Crippen LogP contribution in [-0.2, 0) is 0 Å². The van der Waals surface area contributed by atoms with Crippen molar-refractivity contribution in [1.82, 2.24) is 14.4 Å². The molecule has 0 saturated heterocycles. The van der Waals surface area contributed by atoms with Gasteiger partial charge in [0.2, 0.25) is 0 Å². The molecule has 2 rings (SSSR count). The summed E-state index contributed by atoms with van der Waals surface area (Å²) < 4.78 is 26.0.